The Labute approximate surface area is 218 Å². The standard InChI is InChI=1S/C31H46O4S/c1-20(2)30(33)19-25(36(34,35)24-7-5-4-6-8-24)18-22-10-14-29-28-12-9-21-17-23(32)11-13-26(21)27(28)15-16-31(22,29)3/h4-9,20,22-23,25-30,32-33H,10-19H2,1-3H3. The molecule has 3 saturated carbocycles. The predicted octanol–water partition coefficient (Wildman–Crippen LogP) is 6.18. The van der Waals surface area contributed by atoms with Gasteiger partial charge in [0.05, 0.1) is 22.4 Å². The normalized spacial score (nSPS) is 38.0. The minimum atomic E-state index is -3.52. The van der Waals surface area contributed by atoms with Gasteiger partial charge >= 0.3 is 0 Å². The van der Waals surface area contributed by atoms with Gasteiger partial charge in [-0.2, -0.15) is 0 Å². The maximum atomic E-state index is 13.8. The third-order valence-electron chi connectivity index (χ3n) is 10.9. The van der Waals surface area contributed by atoms with Gasteiger partial charge in [-0.15, -0.1) is 0 Å². The van der Waals surface area contributed by atoms with Crippen molar-refractivity contribution in [1.29, 1.82) is 0 Å². The largest absolute Gasteiger partial charge is 0.393 e. The lowest BCUT2D eigenvalue weighted by Crippen LogP contribution is -2.46. The van der Waals surface area contributed by atoms with Gasteiger partial charge in [-0.05, 0) is 117 Å². The fourth-order valence-corrected chi connectivity index (χ4v) is 10.6. The van der Waals surface area contributed by atoms with E-state index < -0.39 is 21.2 Å². The van der Waals surface area contributed by atoms with E-state index in [0.717, 1.165) is 38.0 Å². The molecule has 4 aliphatic rings. The Bertz CT molecular complexity index is 1050. The van der Waals surface area contributed by atoms with Crippen molar-refractivity contribution >= 4 is 9.84 Å². The van der Waals surface area contributed by atoms with Crippen molar-refractivity contribution in [3.05, 3.63) is 42.0 Å². The zero-order chi connectivity index (χ0) is 25.7. The van der Waals surface area contributed by atoms with Crippen LogP contribution in [0.1, 0.15) is 85.0 Å². The van der Waals surface area contributed by atoms with Crippen molar-refractivity contribution in [3.63, 3.8) is 0 Å². The van der Waals surface area contributed by atoms with Crippen LogP contribution in [0.25, 0.3) is 0 Å². The summed E-state index contributed by atoms with van der Waals surface area (Å²) in [6.07, 6.45) is 11.5. The van der Waals surface area contributed by atoms with E-state index in [1.807, 2.05) is 19.9 Å². The van der Waals surface area contributed by atoms with Crippen LogP contribution < -0.4 is 0 Å². The number of aliphatic hydroxyl groups is 2. The van der Waals surface area contributed by atoms with Crippen LogP contribution in [0.2, 0.25) is 0 Å². The Morgan fingerprint density at radius 2 is 1.78 bits per heavy atom. The lowest BCUT2D eigenvalue weighted by atomic mass is 9.51. The first-order valence-corrected chi connectivity index (χ1v) is 16.0. The highest BCUT2D eigenvalue weighted by molar-refractivity contribution is 7.92. The van der Waals surface area contributed by atoms with E-state index in [1.54, 1.807) is 24.3 Å². The Balaban J connectivity index is 1.38. The SMILES string of the molecule is CC(C)C(O)CC(CC1CCC2C3CC=C4CC(O)CCC4C3CCC12C)S(=O)(=O)c1ccccc1. The molecule has 4 aliphatic carbocycles. The molecule has 9 atom stereocenters. The summed E-state index contributed by atoms with van der Waals surface area (Å²) in [5, 5.41) is 20.4. The van der Waals surface area contributed by atoms with Crippen LogP contribution in [-0.2, 0) is 9.84 Å². The predicted molar refractivity (Wildman–Crippen MR) is 144 cm³/mol. The Hall–Kier alpha value is -1.17. The van der Waals surface area contributed by atoms with E-state index in [9.17, 15) is 18.6 Å². The van der Waals surface area contributed by atoms with Crippen LogP contribution in [0.4, 0.5) is 0 Å². The molecule has 200 valence electrons. The number of allylic oxidation sites excluding steroid dienone is 1. The highest BCUT2D eigenvalue weighted by atomic mass is 32.2. The molecule has 0 spiro atoms. The Morgan fingerprint density at radius 3 is 2.50 bits per heavy atom. The quantitative estimate of drug-likeness (QED) is 0.426. The van der Waals surface area contributed by atoms with Crippen molar-refractivity contribution in [3.8, 4) is 0 Å². The second-order valence-electron chi connectivity index (χ2n) is 13.1. The average molecular weight is 515 g/mol. The molecular formula is C31H46O4S. The maximum absolute atomic E-state index is 13.8. The summed E-state index contributed by atoms with van der Waals surface area (Å²) in [4.78, 5) is 0.388. The maximum Gasteiger partial charge on any atom is 0.181 e. The smallest absolute Gasteiger partial charge is 0.181 e. The number of hydrogen-bond acceptors (Lipinski definition) is 4. The van der Waals surface area contributed by atoms with E-state index in [-0.39, 0.29) is 17.4 Å². The van der Waals surface area contributed by atoms with Crippen molar-refractivity contribution in [1.82, 2.24) is 0 Å². The fourth-order valence-electron chi connectivity index (χ4n) is 8.76. The van der Waals surface area contributed by atoms with Gasteiger partial charge in [-0.1, -0.05) is 50.6 Å². The average Bonchev–Trinajstić information content (AvgIpc) is 3.19. The zero-order valence-corrected chi connectivity index (χ0v) is 23.2. The van der Waals surface area contributed by atoms with Crippen molar-refractivity contribution < 1.29 is 18.6 Å². The molecule has 0 amide bonds. The van der Waals surface area contributed by atoms with Crippen molar-refractivity contribution in [2.75, 3.05) is 0 Å². The topological polar surface area (TPSA) is 74.6 Å². The summed E-state index contributed by atoms with van der Waals surface area (Å²) in [5.74, 6) is 3.16. The van der Waals surface area contributed by atoms with Crippen LogP contribution in [-0.4, -0.2) is 36.1 Å². The molecule has 1 aromatic carbocycles. The number of aliphatic hydroxyl groups excluding tert-OH is 2. The third kappa shape index (κ3) is 4.73. The lowest BCUT2D eigenvalue weighted by molar-refractivity contribution is -0.0204. The van der Waals surface area contributed by atoms with Crippen molar-refractivity contribution in [2.24, 2.45) is 40.9 Å². The minimum absolute atomic E-state index is 0.0399. The Kier molecular flexibility index (Phi) is 7.48. The molecule has 5 rings (SSSR count). The summed E-state index contributed by atoms with van der Waals surface area (Å²) in [7, 11) is -3.52. The van der Waals surface area contributed by atoms with Crippen LogP contribution in [0.15, 0.2) is 46.9 Å². The van der Waals surface area contributed by atoms with Gasteiger partial charge in [-0.25, -0.2) is 8.42 Å². The molecule has 9 unspecified atom stereocenters. The summed E-state index contributed by atoms with van der Waals surface area (Å²) < 4.78 is 27.6. The molecule has 5 heteroatoms. The van der Waals surface area contributed by atoms with Gasteiger partial charge in [0, 0.05) is 0 Å². The number of fused-ring (bicyclic) bond motifs is 5. The second-order valence-corrected chi connectivity index (χ2v) is 15.3. The van der Waals surface area contributed by atoms with Crippen LogP contribution in [0.3, 0.4) is 0 Å². The van der Waals surface area contributed by atoms with Crippen LogP contribution >= 0.6 is 0 Å². The summed E-state index contributed by atoms with van der Waals surface area (Å²) in [5.41, 5.74) is 1.69. The van der Waals surface area contributed by atoms with Gasteiger partial charge in [0.1, 0.15) is 0 Å². The number of sulfone groups is 1. The molecule has 0 radical (unpaired) electrons. The fraction of sp³-hybridized carbons (Fsp3) is 0.742. The number of rotatable bonds is 7. The molecule has 3 fully saturated rings. The van der Waals surface area contributed by atoms with E-state index in [0.29, 0.717) is 41.4 Å². The summed E-state index contributed by atoms with van der Waals surface area (Å²) in [6, 6.07) is 8.87. The van der Waals surface area contributed by atoms with E-state index in [4.69, 9.17) is 0 Å². The van der Waals surface area contributed by atoms with Gasteiger partial charge in [0.2, 0.25) is 0 Å². The molecular weight excluding hydrogens is 468 g/mol. The van der Waals surface area contributed by atoms with Crippen LogP contribution in [0.5, 0.6) is 0 Å². The summed E-state index contributed by atoms with van der Waals surface area (Å²) in [6.45, 7) is 6.40. The molecule has 36 heavy (non-hydrogen) atoms. The monoisotopic (exact) mass is 514 g/mol. The van der Waals surface area contributed by atoms with E-state index in [1.165, 1.54) is 24.8 Å². The first-order chi connectivity index (χ1) is 17.1. The molecule has 0 aromatic heterocycles. The number of benzene rings is 1. The number of hydrogen-bond donors (Lipinski definition) is 2. The van der Waals surface area contributed by atoms with Crippen molar-refractivity contribution in [2.45, 2.75) is 107 Å². The van der Waals surface area contributed by atoms with E-state index >= 15 is 0 Å². The molecule has 1 aromatic rings. The molecule has 0 bridgehead atoms. The van der Waals surface area contributed by atoms with E-state index in [2.05, 4.69) is 13.0 Å². The zero-order valence-electron chi connectivity index (χ0n) is 22.4. The molecule has 0 saturated heterocycles. The molecule has 4 nitrogen and oxygen atoms in total. The summed E-state index contributed by atoms with van der Waals surface area (Å²) >= 11 is 0. The van der Waals surface area contributed by atoms with Gasteiger partial charge in [-0.3, -0.25) is 0 Å². The van der Waals surface area contributed by atoms with Gasteiger partial charge < -0.3 is 10.2 Å². The first kappa shape index (κ1) is 26.4. The van der Waals surface area contributed by atoms with Crippen LogP contribution in [0, 0.1) is 40.9 Å². The third-order valence-corrected chi connectivity index (χ3v) is 13.1. The highest BCUT2D eigenvalue weighted by Crippen LogP contribution is 2.64. The molecule has 0 aliphatic heterocycles. The minimum Gasteiger partial charge on any atom is -0.393 e. The van der Waals surface area contributed by atoms with Gasteiger partial charge in [0.25, 0.3) is 0 Å². The molecule has 0 heterocycles. The van der Waals surface area contributed by atoms with Gasteiger partial charge in [0.15, 0.2) is 9.84 Å². The molecule has 2 N–H and O–H groups in total. The first-order valence-electron chi connectivity index (χ1n) is 14.4. The second kappa shape index (κ2) is 10.2. The lowest BCUT2D eigenvalue weighted by Gasteiger charge is -2.54. The highest BCUT2D eigenvalue weighted by Gasteiger charge is 2.56. The Morgan fingerprint density at radius 1 is 1.03 bits per heavy atom.